The number of aryl methyl sites for hydroxylation is 1. The SMILES string of the molecule is COc1cc(C)cc(-c2ccc(C(F)(F)F)cc2C(F)(F)F)c1OC. The molecular formula is C17H14F6O2. The molecule has 0 atom stereocenters. The minimum atomic E-state index is -4.97. The summed E-state index contributed by atoms with van der Waals surface area (Å²) in [7, 11) is 2.56. The van der Waals surface area contributed by atoms with Crippen molar-refractivity contribution in [1.82, 2.24) is 0 Å². The molecule has 0 saturated carbocycles. The van der Waals surface area contributed by atoms with Crippen molar-refractivity contribution in [2.45, 2.75) is 19.3 Å². The fourth-order valence-corrected chi connectivity index (χ4v) is 2.49. The number of hydrogen-bond donors (Lipinski definition) is 0. The van der Waals surface area contributed by atoms with Crippen LogP contribution in [0.2, 0.25) is 0 Å². The fourth-order valence-electron chi connectivity index (χ4n) is 2.49. The predicted molar refractivity (Wildman–Crippen MR) is 79.7 cm³/mol. The van der Waals surface area contributed by atoms with Crippen molar-refractivity contribution >= 4 is 0 Å². The van der Waals surface area contributed by atoms with Crippen molar-refractivity contribution in [2.75, 3.05) is 14.2 Å². The molecule has 0 aliphatic carbocycles. The van der Waals surface area contributed by atoms with Crippen LogP contribution in [-0.4, -0.2) is 14.2 Å². The van der Waals surface area contributed by atoms with Crippen molar-refractivity contribution in [3.8, 4) is 22.6 Å². The van der Waals surface area contributed by atoms with E-state index in [9.17, 15) is 26.3 Å². The minimum Gasteiger partial charge on any atom is -0.493 e. The Morgan fingerprint density at radius 3 is 1.88 bits per heavy atom. The zero-order chi connectivity index (χ0) is 19.0. The maximum Gasteiger partial charge on any atom is 0.417 e. The monoisotopic (exact) mass is 364 g/mol. The van der Waals surface area contributed by atoms with Crippen LogP contribution in [-0.2, 0) is 12.4 Å². The molecule has 0 radical (unpaired) electrons. The summed E-state index contributed by atoms with van der Waals surface area (Å²) in [6, 6.07) is 4.46. The van der Waals surface area contributed by atoms with Gasteiger partial charge in [-0.15, -0.1) is 0 Å². The summed E-state index contributed by atoms with van der Waals surface area (Å²) >= 11 is 0. The maximum absolute atomic E-state index is 13.4. The number of methoxy groups -OCH3 is 2. The van der Waals surface area contributed by atoms with Gasteiger partial charge in [0.1, 0.15) is 0 Å². The Labute approximate surface area is 140 Å². The molecule has 136 valence electrons. The van der Waals surface area contributed by atoms with Gasteiger partial charge < -0.3 is 9.47 Å². The third-order valence-corrected chi connectivity index (χ3v) is 3.57. The molecule has 8 heteroatoms. The van der Waals surface area contributed by atoms with Crippen LogP contribution in [0, 0.1) is 6.92 Å². The number of benzene rings is 2. The second-order valence-electron chi connectivity index (χ2n) is 5.30. The lowest BCUT2D eigenvalue weighted by Crippen LogP contribution is -2.12. The van der Waals surface area contributed by atoms with Gasteiger partial charge in [0, 0.05) is 5.56 Å². The number of hydrogen-bond acceptors (Lipinski definition) is 2. The van der Waals surface area contributed by atoms with E-state index in [1.54, 1.807) is 13.0 Å². The number of rotatable bonds is 3. The lowest BCUT2D eigenvalue weighted by Gasteiger charge is -2.19. The highest BCUT2D eigenvalue weighted by molar-refractivity contribution is 5.78. The Hall–Kier alpha value is -2.38. The standard InChI is InChI=1S/C17H14F6O2/c1-9-6-12(15(25-3)14(7-9)24-2)11-5-4-10(16(18,19)20)8-13(11)17(21,22)23/h4-8H,1-3H3. The minimum absolute atomic E-state index is 0.000370. The van der Waals surface area contributed by atoms with Gasteiger partial charge in [-0.1, -0.05) is 6.07 Å². The first-order valence-corrected chi connectivity index (χ1v) is 7.00. The zero-order valence-electron chi connectivity index (χ0n) is 13.5. The quantitative estimate of drug-likeness (QED) is 0.649. The van der Waals surface area contributed by atoms with Gasteiger partial charge in [-0.2, -0.15) is 26.3 Å². The highest BCUT2D eigenvalue weighted by Crippen LogP contribution is 2.46. The van der Waals surface area contributed by atoms with Gasteiger partial charge in [-0.3, -0.25) is 0 Å². The molecule has 2 rings (SSSR count). The van der Waals surface area contributed by atoms with E-state index >= 15 is 0 Å². The average Bonchev–Trinajstić information content (AvgIpc) is 2.51. The van der Waals surface area contributed by atoms with Crippen LogP contribution in [0.4, 0.5) is 26.3 Å². The summed E-state index contributed by atoms with van der Waals surface area (Å²) < 4.78 is 88.8. The average molecular weight is 364 g/mol. The molecule has 0 fully saturated rings. The second-order valence-corrected chi connectivity index (χ2v) is 5.30. The summed E-state index contributed by atoms with van der Waals surface area (Å²) in [5.41, 5.74) is -2.61. The smallest absolute Gasteiger partial charge is 0.417 e. The Kier molecular flexibility index (Phi) is 4.92. The molecule has 0 unspecified atom stereocenters. The van der Waals surface area contributed by atoms with Gasteiger partial charge in [0.2, 0.25) is 0 Å². The zero-order valence-corrected chi connectivity index (χ0v) is 13.5. The van der Waals surface area contributed by atoms with Crippen molar-refractivity contribution in [3.63, 3.8) is 0 Å². The molecule has 0 aliphatic heterocycles. The lowest BCUT2D eigenvalue weighted by molar-refractivity contribution is -0.142. The molecule has 0 bridgehead atoms. The van der Waals surface area contributed by atoms with E-state index in [0.29, 0.717) is 11.6 Å². The molecule has 0 heterocycles. The molecule has 2 nitrogen and oxygen atoms in total. The summed E-state index contributed by atoms with van der Waals surface area (Å²) in [4.78, 5) is 0. The Bertz CT molecular complexity index is 778. The second kappa shape index (κ2) is 6.50. The van der Waals surface area contributed by atoms with Crippen LogP contribution >= 0.6 is 0 Å². The molecule has 0 aliphatic rings. The molecule has 0 saturated heterocycles. The van der Waals surface area contributed by atoms with Gasteiger partial charge in [-0.25, -0.2) is 0 Å². The first kappa shape index (κ1) is 19.0. The number of alkyl halides is 6. The van der Waals surface area contributed by atoms with Gasteiger partial charge in [0.05, 0.1) is 25.3 Å². The van der Waals surface area contributed by atoms with Gasteiger partial charge in [0.15, 0.2) is 11.5 Å². The molecule has 0 amide bonds. The Balaban J connectivity index is 2.82. The van der Waals surface area contributed by atoms with Crippen molar-refractivity contribution < 1.29 is 35.8 Å². The van der Waals surface area contributed by atoms with Crippen LogP contribution < -0.4 is 9.47 Å². The summed E-state index contributed by atoms with van der Waals surface area (Å²) in [5.74, 6) is 0.198. The van der Waals surface area contributed by atoms with E-state index in [2.05, 4.69) is 0 Å². The lowest BCUT2D eigenvalue weighted by atomic mass is 9.94. The Morgan fingerprint density at radius 2 is 1.40 bits per heavy atom. The molecule has 0 aromatic heterocycles. The van der Waals surface area contributed by atoms with Crippen molar-refractivity contribution in [3.05, 3.63) is 47.0 Å². The van der Waals surface area contributed by atoms with Gasteiger partial charge in [-0.05, 0) is 42.3 Å². The largest absolute Gasteiger partial charge is 0.493 e. The van der Waals surface area contributed by atoms with E-state index in [1.807, 2.05) is 0 Å². The molecule has 25 heavy (non-hydrogen) atoms. The van der Waals surface area contributed by atoms with Gasteiger partial charge >= 0.3 is 12.4 Å². The number of ether oxygens (including phenoxy) is 2. The van der Waals surface area contributed by atoms with E-state index in [1.165, 1.54) is 20.3 Å². The topological polar surface area (TPSA) is 18.5 Å². The van der Waals surface area contributed by atoms with Crippen LogP contribution in [0.25, 0.3) is 11.1 Å². The summed E-state index contributed by atoms with van der Waals surface area (Å²) in [6.07, 6.45) is -9.86. The van der Waals surface area contributed by atoms with E-state index in [-0.39, 0.29) is 23.1 Å². The normalized spacial score (nSPS) is 12.2. The number of halogens is 6. The summed E-state index contributed by atoms with van der Waals surface area (Å²) in [5, 5.41) is 0. The molecule has 2 aromatic carbocycles. The van der Waals surface area contributed by atoms with Crippen LogP contribution in [0.1, 0.15) is 16.7 Å². The van der Waals surface area contributed by atoms with Crippen LogP contribution in [0.5, 0.6) is 11.5 Å². The highest BCUT2D eigenvalue weighted by atomic mass is 19.4. The van der Waals surface area contributed by atoms with Crippen LogP contribution in [0.15, 0.2) is 30.3 Å². The van der Waals surface area contributed by atoms with E-state index in [0.717, 1.165) is 6.07 Å². The van der Waals surface area contributed by atoms with E-state index in [4.69, 9.17) is 9.47 Å². The third kappa shape index (κ3) is 3.83. The van der Waals surface area contributed by atoms with Crippen molar-refractivity contribution in [1.29, 1.82) is 0 Å². The molecule has 2 aromatic rings. The molecular weight excluding hydrogens is 350 g/mol. The van der Waals surface area contributed by atoms with Crippen molar-refractivity contribution in [2.24, 2.45) is 0 Å². The first-order valence-electron chi connectivity index (χ1n) is 7.00. The van der Waals surface area contributed by atoms with Gasteiger partial charge in [0.25, 0.3) is 0 Å². The van der Waals surface area contributed by atoms with E-state index < -0.39 is 29.0 Å². The van der Waals surface area contributed by atoms with Crippen LogP contribution in [0.3, 0.4) is 0 Å². The predicted octanol–water partition coefficient (Wildman–Crippen LogP) is 5.72. The highest BCUT2D eigenvalue weighted by Gasteiger charge is 2.39. The molecule has 0 N–H and O–H groups in total. The molecule has 0 spiro atoms. The third-order valence-electron chi connectivity index (χ3n) is 3.57. The summed E-state index contributed by atoms with van der Waals surface area (Å²) in [6.45, 7) is 1.63. The maximum atomic E-state index is 13.4. The first-order chi connectivity index (χ1) is 11.5. The Morgan fingerprint density at radius 1 is 0.760 bits per heavy atom. The fraction of sp³-hybridized carbons (Fsp3) is 0.294.